The number of carbonyl (C=O) groups is 3. The van der Waals surface area contributed by atoms with E-state index in [4.69, 9.17) is 9.47 Å². The zero-order chi connectivity index (χ0) is 30.6. The molecule has 2 amide bonds. The lowest BCUT2D eigenvalue weighted by Crippen LogP contribution is -2.47. The SMILES string of the molecule is CC(=O)NC[C@H]1CN(c2ccc(N3CCN(c4c(F)cc5c(=O)c(C(=O)O)cn6c5c4OCC6C)CC3)c(F)c2)C(=O)O1. The smallest absolute Gasteiger partial charge is 0.414 e. The number of rotatable bonds is 6. The molecule has 0 saturated carbocycles. The van der Waals surface area contributed by atoms with Crippen molar-refractivity contribution in [2.45, 2.75) is 26.0 Å². The minimum absolute atomic E-state index is 0.0631. The van der Waals surface area contributed by atoms with Gasteiger partial charge in [-0.2, -0.15) is 0 Å². The van der Waals surface area contributed by atoms with E-state index in [2.05, 4.69) is 5.32 Å². The molecule has 3 aliphatic heterocycles. The molecule has 0 spiro atoms. The van der Waals surface area contributed by atoms with Gasteiger partial charge < -0.3 is 34.3 Å². The van der Waals surface area contributed by atoms with Gasteiger partial charge in [0.2, 0.25) is 11.3 Å². The highest BCUT2D eigenvalue weighted by Gasteiger charge is 2.34. The monoisotopic (exact) mass is 597 g/mol. The number of hydrogen-bond donors (Lipinski definition) is 2. The largest absolute Gasteiger partial charge is 0.487 e. The van der Waals surface area contributed by atoms with Crippen molar-refractivity contribution in [1.82, 2.24) is 9.88 Å². The first kappa shape index (κ1) is 28.2. The van der Waals surface area contributed by atoms with Gasteiger partial charge in [0.05, 0.1) is 41.4 Å². The average molecular weight is 598 g/mol. The Bertz CT molecular complexity index is 1720. The molecule has 3 aromatic rings. The summed E-state index contributed by atoms with van der Waals surface area (Å²) in [6.07, 6.45) is 0.105. The van der Waals surface area contributed by atoms with E-state index in [0.29, 0.717) is 43.1 Å². The van der Waals surface area contributed by atoms with Crippen LogP contribution in [0.1, 0.15) is 30.2 Å². The van der Waals surface area contributed by atoms with Crippen molar-refractivity contribution in [3.63, 3.8) is 0 Å². The summed E-state index contributed by atoms with van der Waals surface area (Å²) in [5.41, 5.74) is -0.0478. The molecular weight excluding hydrogens is 568 g/mol. The van der Waals surface area contributed by atoms with Crippen molar-refractivity contribution in [3.8, 4) is 5.75 Å². The number of pyridine rings is 1. The summed E-state index contributed by atoms with van der Waals surface area (Å²) in [5.74, 6) is -2.69. The Balaban J connectivity index is 1.21. The number of amides is 2. The Kier molecular flexibility index (Phi) is 7.06. The zero-order valence-electron chi connectivity index (χ0n) is 23.4. The Morgan fingerprint density at radius 2 is 1.79 bits per heavy atom. The average Bonchev–Trinajstić information content (AvgIpc) is 3.35. The number of cyclic esters (lactones) is 1. The summed E-state index contributed by atoms with van der Waals surface area (Å²) in [6, 6.07) is 5.25. The molecule has 0 radical (unpaired) electrons. The highest BCUT2D eigenvalue weighted by molar-refractivity contribution is 5.97. The summed E-state index contributed by atoms with van der Waals surface area (Å²) >= 11 is 0. The molecular formula is C29H29F2N5O7. The van der Waals surface area contributed by atoms with Crippen molar-refractivity contribution in [2.24, 2.45) is 0 Å². The summed E-state index contributed by atoms with van der Waals surface area (Å²) in [4.78, 5) is 52.9. The maximum absolute atomic E-state index is 15.6. The van der Waals surface area contributed by atoms with Crippen LogP contribution < -0.4 is 30.2 Å². The van der Waals surface area contributed by atoms with Crippen molar-refractivity contribution in [3.05, 3.63) is 57.9 Å². The standard InChI is InChI=1S/C29H29F2N5O7/c1-15-14-42-27-24-19(26(38)20(28(39)40)13-35(15)24)10-22(31)25(27)34-7-5-33(6-8-34)23-4-3-17(9-21(23)30)36-12-18(43-29(36)41)11-32-16(2)37/h3-4,9-10,13,15,18H,5-8,11-12,14H2,1-2H3,(H,32,37)(H,39,40)/t15?,18-/m0/s1. The molecule has 2 aromatic carbocycles. The Labute approximate surface area is 244 Å². The Morgan fingerprint density at radius 3 is 2.47 bits per heavy atom. The molecule has 2 atom stereocenters. The number of hydrogen-bond acceptors (Lipinski definition) is 8. The van der Waals surface area contributed by atoms with Crippen LogP contribution in [0.15, 0.2) is 35.3 Å². The number of anilines is 3. The molecule has 0 bridgehead atoms. The maximum atomic E-state index is 15.6. The first-order chi connectivity index (χ1) is 20.5. The fourth-order valence-corrected chi connectivity index (χ4v) is 5.85. The molecule has 1 aromatic heterocycles. The van der Waals surface area contributed by atoms with Gasteiger partial charge in [-0.3, -0.25) is 14.5 Å². The number of halogens is 2. The van der Waals surface area contributed by atoms with E-state index in [1.165, 1.54) is 24.1 Å². The quantitative estimate of drug-likeness (QED) is 0.440. The van der Waals surface area contributed by atoms with Crippen LogP contribution in [0.5, 0.6) is 5.75 Å². The second-order valence-corrected chi connectivity index (χ2v) is 10.8. The normalized spacial score (nSPS) is 19.8. The summed E-state index contributed by atoms with van der Waals surface area (Å²) < 4.78 is 43.7. The van der Waals surface area contributed by atoms with Crippen molar-refractivity contribution in [2.75, 3.05) is 60.6 Å². The fourth-order valence-electron chi connectivity index (χ4n) is 5.85. The van der Waals surface area contributed by atoms with Gasteiger partial charge in [0, 0.05) is 39.3 Å². The van der Waals surface area contributed by atoms with Gasteiger partial charge in [0.15, 0.2) is 11.6 Å². The molecule has 6 rings (SSSR count). The number of aromatic nitrogens is 1. The van der Waals surface area contributed by atoms with Gasteiger partial charge in [0.25, 0.3) is 0 Å². The molecule has 1 unspecified atom stereocenters. The lowest BCUT2D eigenvalue weighted by atomic mass is 10.1. The second kappa shape index (κ2) is 10.7. The van der Waals surface area contributed by atoms with E-state index >= 15 is 8.78 Å². The third-order valence-corrected chi connectivity index (χ3v) is 8.00. The van der Waals surface area contributed by atoms with Crippen molar-refractivity contribution >= 4 is 45.9 Å². The minimum atomic E-state index is -1.39. The molecule has 12 nitrogen and oxygen atoms in total. The Morgan fingerprint density at radius 1 is 1.07 bits per heavy atom. The highest BCUT2D eigenvalue weighted by atomic mass is 19.1. The lowest BCUT2D eigenvalue weighted by Gasteiger charge is -2.39. The van der Waals surface area contributed by atoms with Gasteiger partial charge in [-0.25, -0.2) is 18.4 Å². The lowest BCUT2D eigenvalue weighted by molar-refractivity contribution is -0.119. The van der Waals surface area contributed by atoms with Crippen molar-refractivity contribution in [1.29, 1.82) is 0 Å². The predicted molar refractivity (Wildman–Crippen MR) is 152 cm³/mol. The summed E-state index contributed by atoms with van der Waals surface area (Å²) in [5, 5.41) is 12.0. The van der Waals surface area contributed by atoms with Crippen LogP contribution in [0.3, 0.4) is 0 Å². The molecule has 3 aliphatic rings. The van der Waals surface area contributed by atoms with Crippen LogP contribution in [0.25, 0.3) is 10.9 Å². The second-order valence-electron chi connectivity index (χ2n) is 10.8. The number of carboxylic acid groups (broad SMARTS) is 1. The molecule has 2 fully saturated rings. The molecule has 0 aliphatic carbocycles. The van der Waals surface area contributed by atoms with E-state index in [1.807, 2.05) is 11.8 Å². The summed E-state index contributed by atoms with van der Waals surface area (Å²) in [6.45, 7) is 5.00. The molecule has 43 heavy (non-hydrogen) atoms. The van der Waals surface area contributed by atoms with Crippen molar-refractivity contribution < 1.29 is 37.7 Å². The molecule has 2 N–H and O–H groups in total. The van der Waals surface area contributed by atoms with E-state index in [0.717, 1.165) is 6.07 Å². The number of benzene rings is 2. The molecule has 14 heteroatoms. The minimum Gasteiger partial charge on any atom is -0.487 e. The number of nitrogens with one attached hydrogen (secondary N) is 1. The zero-order valence-corrected chi connectivity index (χ0v) is 23.4. The van der Waals surface area contributed by atoms with Gasteiger partial charge in [-0.05, 0) is 31.2 Å². The van der Waals surface area contributed by atoms with Crippen LogP contribution in [-0.2, 0) is 9.53 Å². The first-order valence-electron chi connectivity index (χ1n) is 13.8. The Hall–Kier alpha value is -4.88. The number of carboxylic acids is 1. The van der Waals surface area contributed by atoms with Gasteiger partial charge in [0.1, 0.15) is 29.8 Å². The number of aromatic carboxylic acids is 1. The van der Waals surface area contributed by atoms with E-state index in [9.17, 15) is 24.3 Å². The van der Waals surface area contributed by atoms with E-state index in [-0.39, 0.29) is 48.5 Å². The van der Waals surface area contributed by atoms with Crippen LogP contribution in [0.2, 0.25) is 0 Å². The topological polar surface area (TPSA) is 134 Å². The molecule has 4 heterocycles. The van der Waals surface area contributed by atoms with Crippen LogP contribution in [0, 0.1) is 11.6 Å². The number of carbonyl (C=O) groups excluding carboxylic acids is 2. The first-order valence-corrected chi connectivity index (χ1v) is 13.8. The van der Waals surface area contributed by atoms with Gasteiger partial charge in [-0.1, -0.05) is 0 Å². The molecule has 226 valence electrons. The van der Waals surface area contributed by atoms with Crippen LogP contribution in [0.4, 0.5) is 30.6 Å². The summed E-state index contributed by atoms with van der Waals surface area (Å²) in [7, 11) is 0. The van der Waals surface area contributed by atoms with Gasteiger partial charge in [-0.15, -0.1) is 0 Å². The number of nitrogens with zero attached hydrogens (tertiary/aromatic N) is 4. The van der Waals surface area contributed by atoms with Gasteiger partial charge >= 0.3 is 12.1 Å². The van der Waals surface area contributed by atoms with Crippen LogP contribution in [-0.4, -0.2) is 79.6 Å². The van der Waals surface area contributed by atoms with E-state index < -0.39 is 40.8 Å². The highest BCUT2D eigenvalue weighted by Crippen LogP contribution is 2.42. The van der Waals surface area contributed by atoms with E-state index in [1.54, 1.807) is 21.6 Å². The maximum Gasteiger partial charge on any atom is 0.414 e. The number of ether oxygens (including phenoxy) is 2. The third kappa shape index (κ3) is 4.96. The predicted octanol–water partition coefficient (Wildman–Crippen LogP) is 2.72. The fraction of sp³-hybridized carbons (Fsp3) is 0.379. The van der Waals surface area contributed by atoms with Crippen LogP contribution >= 0.6 is 0 Å². The number of piperazine rings is 1. The third-order valence-electron chi connectivity index (χ3n) is 8.00. The molecule has 2 saturated heterocycles.